The Morgan fingerprint density at radius 2 is 1.92 bits per heavy atom. The summed E-state index contributed by atoms with van der Waals surface area (Å²) in [4.78, 5) is 32.3. The second kappa shape index (κ2) is 6.59. The van der Waals surface area contributed by atoms with Crippen LogP contribution < -0.4 is 0 Å². The topological polar surface area (TPSA) is 71.3 Å². The molecule has 0 atom stereocenters. The summed E-state index contributed by atoms with van der Waals surface area (Å²) in [6, 6.07) is 11.3. The standard InChI is InChI=1S/C19H19N5O2/c1-22-17-7-3-2-6-15(17)16(21-22)13-24-18(25)8-10-23(19(24)26)12-14-5-4-9-20-11-14/h2-7,9,11H,8,10,12-13H2,1H3. The number of imide groups is 1. The lowest BCUT2D eigenvalue weighted by atomic mass is 10.1. The fraction of sp³-hybridized carbons (Fsp3) is 0.263. The van der Waals surface area contributed by atoms with E-state index >= 15 is 0 Å². The number of aromatic nitrogens is 3. The molecular weight excluding hydrogens is 330 g/mol. The lowest BCUT2D eigenvalue weighted by Crippen LogP contribution is -2.51. The molecule has 0 saturated carbocycles. The number of pyridine rings is 1. The van der Waals surface area contributed by atoms with Gasteiger partial charge in [0.25, 0.3) is 0 Å². The minimum absolute atomic E-state index is 0.160. The molecule has 3 aromatic rings. The van der Waals surface area contributed by atoms with Gasteiger partial charge in [0.05, 0.1) is 17.8 Å². The van der Waals surface area contributed by atoms with Crippen LogP contribution in [0.2, 0.25) is 0 Å². The molecule has 0 N–H and O–H groups in total. The number of aryl methyl sites for hydroxylation is 1. The fourth-order valence-corrected chi connectivity index (χ4v) is 3.31. The fourth-order valence-electron chi connectivity index (χ4n) is 3.31. The molecule has 26 heavy (non-hydrogen) atoms. The molecule has 0 unspecified atom stereocenters. The minimum atomic E-state index is -0.278. The minimum Gasteiger partial charge on any atom is -0.319 e. The van der Waals surface area contributed by atoms with Crippen molar-refractivity contribution < 1.29 is 9.59 Å². The average molecular weight is 349 g/mol. The number of rotatable bonds is 4. The van der Waals surface area contributed by atoms with Gasteiger partial charge in [0.1, 0.15) is 0 Å². The van der Waals surface area contributed by atoms with Crippen LogP contribution in [-0.2, 0) is 24.9 Å². The first-order valence-corrected chi connectivity index (χ1v) is 8.52. The number of hydrogen-bond acceptors (Lipinski definition) is 4. The van der Waals surface area contributed by atoms with Gasteiger partial charge in [0.2, 0.25) is 5.91 Å². The Morgan fingerprint density at radius 3 is 2.73 bits per heavy atom. The molecule has 7 heteroatoms. The van der Waals surface area contributed by atoms with Crippen LogP contribution >= 0.6 is 0 Å². The van der Waals surface area contributed by atoms with Crippen molar-refractivity contribution in [2.24, 2.45) is 7.05 Å². The summed E-state index contributed by atoms with van der Waals surface area (Å²) in [6.45, 7) is 1.05. The zero-order valence-corrected chi connectivity index (χ0v) is 14.5. The summed E-state index contributed by atoms with van der Waals surface area (Å²) >= 11 is 0. The van der Waals surface area contributed by atoms with Gasteiger partial charge in [0.15, 0.2) is 0 Å². The van der Waals surface area contributed by atoms with Gasteiger partial charge in [-0.3, -0.25) is 19.4 Å². The van der Waals surface area contributed by atoms with E-state index in [4.69, 9.17) is 0 Å². The van der Waals surface area contributed by atoms with Gasteiger partial charge < -0.3 is 4.90 Å². The molecule has 3 amide bonds. The highest BCUT2D eigenvalue weighted by Crippen LogP contribution is 2.22. The summed E-state index contributed by atoms with van der Waals surface area (Å²) in [5, 5.41) is 5.46. The molecule has 4 rings (SSSR count). The van der Waals surface area contributed by atoms with E-state index in [0.29, 0.717) is 19.5 Å². The quantitative estimate of drug-likeness (QED) is 0.725. The number of benzene rings is 1. The van der Waals surface area contributed by atoms with E-state index in [2.05, 4.69) is 10.1 Å². The molecule has 3 heterocycles. The van der Waals surface area contributed by atoms with Gasteiger partial charge in [-0.1, -0.05) is 24.3 Å². The first kappa shape index (κ1) is 16.3. The Balaban J connectivity index is 1.58. The van der Waals surface area contributed by atoms with Crippen LogP contribution in [0.5, 0.6) is 0 Å². The first-order valence-electron chi connectivity index (χ1n) is 8.52. The van der Waals surface area contributed by atoms with Crippen LogP contribution in [0.3, 0.4) is 0 Å². The normalized spacial score (nSPS) is 15.1. The van der Waals surface area contributed by atoms with E-state index < -0.39 is 0 Å². The third-order valence-electron chi connectivity index (χ3n) is 4.64. The predicted octanol–water partition coefficient (Wildman–Crippen LogP) is 2.32. The monoisotopic (exact) mass is 349 g/mol. The van der Waals surface area contributed by atoms with Crippen LogP contribution in [0, 0.1) is 0 Å². The Hall–Kier alpha value is -3.22. The summed E-state index contributed by atoms with van der Waals surface area (Å²) in [7, 11) is 1.86. The van der Waals surface area contributed by atoms with Gasteiger partial charge >= 0.3 is 6.03 Å². The Labute approximate surface area is 150 Å². The van der Waals surface area contributed by atoms with E-state index in [0.717, 1.165) is 22.2 Å². The molecule has 0 spiro atoms. The second-order valence-electron chi connectivity index (χ2n) is 6.38. The SMILES string of the molecule is Cn1nc(CN2C(=O)CCN(Cc3cccnc3)C2=O)c2ccccc21. The van der Waals surface area contributed by atoms with Crippen LogP contribution in [0.4, 0.5) is 4.79 Å². The first-order chi connectivity index (χ1) is 12.6. The molecule has 0 aliphatic carbocycles. The highest BCUT2D eigenvalue weighted by molar-refractivity contribution is 5.97. The highest BCUT2D eigenvalue weighted by Gasteiger charge is 2.32. The number of para-hydroxylation sites is 1. The van der Waals surface area contributed by atoms with Crippen molar-refractivity contribution in [1.82, 2.24) is 24.6 Å². The van der Waals surface area contributed by atoms with Crippen LogP contribution in [0.15, 0.2) is 48.8 Å². The van der Waals surface area contributed by atoms with Crippen LogP contribution in [0.1, 0.15) is 17.7 Å². The summed E-state index contributed by atoms with van der Waals surface area (Å²) in [5.41, 5.74) is 2.65. The maximum Gasteiger partial charge on any atom is 0.327 e. The average Bonchev–Trinajstić information content (AvgIpc) is 2.98. The van der Waals surface area contributed by atoms with Crippen molar-refractivity contribution in [2.75, 3.05) is 6.54 Å². The Bertz CT molecular complexity index is 966. The molecule has 1 aromatic carbocycles. The maximum absolute atomic E-state index is 12.9. The molecule has 1 aliphatic heterocycles. The Morgan fingerprint density at radius 1 is 1.08 bits per heavy atom. The predicted molar refractivity (Wildman–Crippen MR) is 95.9 cm³/mol. The second-order valence-corrected chi connectivity index (χ2v) is 6.38. The van der Waals surface area contributed by atoms with Crippen molar-refractivity contribution in [3.63, 3.8) is 0 Å². The number of fused-ring (bicyclic) bond motifs is 1. The lowest BCUT2D eigenvalue weighted by Gasteiger charge is -2.33. The van der Waals surface area contributed by atoms with E-state index in [9.17, 15) is 9.59 Å². The zero-order valence-electron chi connectivity index (χ0n) is 14.5. The number of amides is 3. The van der Waals surface area contributed by atoms with E-state index in [-0.39, 0.29) is 18.5 Å². The van der Waals surface area contributed by atoms with Crippen molar-refractivity contribution in [3.05, 3.63) is 60.0 Å². The molecule has 1 aliphatic rings. The van der Waals surface area contributed by atoms with Crippen LogP contribution in [-0.4, -0.2) is 43.0 Å². The molecular formula is C19H19N5O2. The largest absolute Gasteiger partial charge is 0.327 e. The van der Waals surface area contributed by atoms with E-state index in [1.165, 1.54) is 4.90 Å². The molecule has 0 radical (unpaired) electrons. The van der Waals surface area contributed by atoms with Crippen molar-refractivity contribution >= 4 is 22.8 Å². The summed E-state index contributed by atoms with van der Waals surface area (Å²) in [6.07, 6.45) is 3.75. The van der Waals surface area contributed by atoms with Gasteiger partial charge in [-0.15, -0.1) is 0 Å². The molecule has 1 fully saturated rings. The summed E-state index contributed by atoms with van der Waals surface area (Å²) in [5.74, 6) is -0.160. The molecule has 1 saturated heterocycles. The van der Waals surface area contributed by atoms with Crippen molar-refractivity contribution in [2.45, 2.75) is 19.5 Å². The van der Waals surface area contributed by atoms with E-state index in [1.807, 2.05) is 43.4 Å². The number of carbonyl (C=O) groups excluding carboxylic acids is 2. The lowest BCUT2D eigenvalue weighted by molar-refractivity contribution is -0.131. The number of nitrogens with zero attached hydrogens (tertiary/aromatic N) is 5. The highest BCUT2D eigenvalue weighted by atomic mass is 16.2. The smallest absolute Gasteiger partial charge is 0.319 e. The molecule has 7 nitrogen and oxygen atoms in total. The third kappa shape index (κ3) is 2.92. The van der Waals surface area contributed by atoms with Gasteiger partial charge in [-0.05, 0) is 17.7 Å². The van der Waals surface area contributed by atoms with E-state index in [1.54, 1.807) is 22.0 Å². The van der Waals surface area contributed by atoms with Crippen LogP contribution in [0.25, 0.3) is 10.9 Å². The molecule has 2 aromatic heterocycles. The number of carbonyl (C=O) groups is 2. The maximum atomic E-state index is 12.9. The number of hydrogen-bond donors (Lipinski definition) is 0. The third-order valence-corrected chi connectivity index (χ3v) is 4.64. The molecule has 0 bridgehead atoms. The van der Waals surface area contributed by atoms with Crippen molar-refractivity contribution in [3.8, 4) is 0 Å². The van der Waals surface area contributed by atoms with Gasteiger partial charge in [-0.25, -0.2) is 4.79 Å². The molecule has 132 valence electrons. The van der Waals surface area contributed by atoms with Crippen molar-refractivity contribution in [1.29, 1.82) is 0 Å². The Kier molecular flexibility index (Phi) is 4.12. The zero-order chi connectivity index (χ0) is 18.1. The van der Waals surface area contributed by atoms with Gasteiger partial charge in [-0.2, -0.15) is 5.10 Å². The summed E-state index contributed by atoms with van der Waals surface area (Å²) < 4.78 is 1.77. The van der Waals surface area contributed by atoms with Gasteiger partial charge in [0, 0.05) is 44.3 Å². The number of urea groups is 1.